The first-order chi connectivity index (χ1) is 3.43. The Kier molecular flexibility index (Phi) is 1.30. The fraction of sp³-hybridized carbons (Fsp3) is 0.286. The van der Waals surface area contributed by atoms with Crippen LogP contribution in [-0.2, 0) is 0 Å². The van der Waals surface area contributed by atoms with Gasteiger partial charge in [-0.25, -0.2) is 0 Å². The third kappa shape index (κ3) is 1.58. The lowest BCUT2D eigenvalue weighted by Crippen LogP contribution is -1.62. The lowest BCUT2D eigenvalue weighted by atomic mass is 10.2. The second kappa shape index (κ2) is 1.97. The quantitative estimate of drug-likeness (QED) is 0.498. The van der Waals surface area contributed by atoms with Crippen LogP contribution in [0.2, 0.25) is 0 Å². The molecular formula is C7H8. The third-order valence-corrected chi connectivity index (χ3v) is 1.00. The van der Waals surface area contributed by atoms with Gasteiger partial charge >= 0.3 is 0 Å². The molecule has 0 spiro atoms. The van der Waals surface area contributed by atoms with E-state index in [4.69, 9.17) is 6.58 Å². The molecule has 2 radical (unpaired) electrons. The molecule has 0 aliphatic heterocycles. The van der Waals surface area contributed by atoms with Crippen LogP contribution < -0.4 is 0 Å². The van der Waals surface area contributed by atoms with Gasteiger partial charge in [0.2, 0.25) is 0 Å². The van der Waals surface area contributed by atoms with Crippen LogP contribution in [0.25, 0.3) is 0 Å². The van der Waals surface area contributed by atoms with Gasteiger partial charge in [0.05, 0.1) is 0 Å². The molecule has 0 heteroatoms. The Morgan fingerprint density at radius 3 is 2.86 bits per heavy atom. The smallest absolute Gasteiger partial charge is 0.00803 e. The van der Waals surface area contributed by atoms with Crippen LogP contribution in [-0.4, -0.2) is 0 Å². The van der Waals surface area contributed by atoms with Crippen molar-refractivity contribution >= 4 is 0 Å². The molecule has 1 aliphatic rings. The van der Waals surface area contributed by atoms with Crippen LogP contribution in [0.5, 0.6) is 0 Å². The van der Waals surface area contributed by atoms with Crippen molar-refractivity contribution in [1.29, 1.82) is 0 Å². The molecule has 1 rings (SSSR count). The zero-order valence-corrected chi connectivity index (χ0v) is 4.22. The molecule has 7 heavy (non-hydrogen) atoms. The summed E-state index contributed by atoms with van der Waals surface area (Å²) in [6.07, 6.45) is 8.08. The van der Waals surface area contributed by atoms with Gasteiger partial charge in [-0.2, -0.15) is 0 Å². The van der Waals surface area contributed by atoms with Crippen LogP contribution in [0.3, 0.4) is 0 Å². The minimum atomic E-state index is 1.02. The highest BCUT2D eigenvalue weighted by molar-refractivity contribution is 5.38. The molecule has 1 aliphatic carbocycles. The summed E-state index contributed by atoms with van der Waals surface area (Å²) in [5.74, 6) is 0. The van der Waals surface area contributed by atoms with E-state index in [1.165, 1.54) is 5.57 Å². The van der Waals surface area contributed by atoms with Crippen molar-refractivity contribution in [2.24, 2.45) is 0 Å². The maximum absolute atomic E-state index is 5.14. The molecule has 0 saturated heterocycles. The summed E-state index contributed by atoms with van der Waals surface area (Å²) in [7, 11) is 0. The molecule has 0 saturated carbocycles. The number of rotatable bonds is 3. The van der Waals surface area contributed by atoms with Crippen LogP contribution in [0.1, 0.15) is 12.8 Å². The molecule has 0 unspecified atom stereocenters. The summed E-state index contributed by atoms with van der Waals surface area (Å²) >= 11 is 0. The topological polar surface area (TPSA) is 0 Å². The van der Waals surface area contributed by atoms with Gasteiger partial charge in [0.1, 0.15) is 0 Å². The highest BCUT2D eigenvalue weighted by Crippen LogP contribution is 2.21. The molecule has 0 atom stereocenters. The predicted octanol–water partition coefficient (Wildman–Crippen LogP) is 1.90. The second-order valence-electron chi connectivity index (χ2n) is 1.68. The first-order valence-corrected chi connectivity index (χ1v) is 2.51. The molecule has 0 fully saturated rings. The summed E-state index contributed by atoms with van der Waals surface area (Å²) in [5, 5.41) is 0. The average Bonchev–Trinajstić information content (AvgIpc) is 2.42. The summed E-state index contributed by atoms with van der Waals surface area (Å²) in [6.45, 7) is 5.14. The van der Waals surface area contributed by atoms with E-state index in [1.54, 1.807) is 6.08 Å². The van der Waals surface area contributed by atoms with Crippen LogP contribution in [0.4, 0.5) is 0 Å². The Morgan fingerprint density at radius 1 is 1.71 bits per heavy atom. The zero-order chi connectivity index (χ0) is 5.11. The molecule has 0 N–H and O–H groups in total. The average molecular weight is 92.1 g/mol. The Labute approximate surface area is 44.5 Å². The minimum Gasteiger partial charge on any atom is -0.0842 e. The van der Waals surface area contributed by atoms with E-state index in [1.807, 2.05) is 0 Å². The fourth-order valence-corrected chi connectivity index (χ4v) is 0.476. The van der Waals surface area contributed by atoms with E-state index in [0.29, 0.717) is 0 Å². The van der Waals surface area contributed by atoms with Crippen molar-refractivity contribution in [1.82, 2.24) is 0 Å². The van der Waals surface area contributed by atoms with Crippen molar-refractivity contribution in [3.8, 4) is 0 Å². The van der Waals surface area contributed by atoms with Gasteiger partial charge in [0, 0.05) is 6.42 Å². The molecule has 0 aromatic heterocycles. The predicted molar refractivity (Wildman–Crippen MR) is 30.5 cm³/mol. The third-order valence-electron chi connectivity index (χ3n) is 1.00. The molecule has 0 nitrogen and oxygen atoms in total. The van der Waals surface area contributed by atoms with E-state index in [-0.39, 0.29) is 0 Å². The van der Waals surface area contributed by atoms with Crippen molar-refractivity contribution in [3.05, 3.63) is 30.7 Å². The number of hydrogen-bond acceptors (Lipinski definition) is 0. The summed E-state index contributed by atoms with van der Waals surface area (Å²) < 4.78 is 0. The minimum absolute atomic E-state index is 1.02. The van der Waals surface area contributed by atoms with Crippen LogP contribution in [0.15, 0.2) is 17.7 Å². The fourth-order valence-electron chi connectivity index (χ4n) is 0.476. The number of hydrogen-bond donors (Lipinski definition) is 0. The Balaban J connectivity index is 1.99. The highest BCUT2D eigenvalue weighted by Gasteiger charge is 2.03. The highest BCUT2D eigenvalue weighted by atomic mass is 14.1. The largest absolute Gasteiger partial charge is 0.0842 e. The molecule has 36 valence electrons. The normalized spacial score (nSPS) is 15.7. The molecular weight excluding hydrogens is 84.1 g/mol. The van der Waals surface area contributed by atoms with Gasteiger partial charge in [-0.1, -0.05) is 24.3 Å². The second-order valence-corrected chi connectivity index (χ2v) is 1.68. The van der Waals surface area contributed by atoms with Gasteiger partial charge in [-0.15, -0.1) is 0 Å². The Hall–Kier alpha value is -0.520. The maximum Gasteiger partial charge on any atom is 0.00803 e. The maximum atomic E-state index is 5.14. The summed E-state index contributed by atoms with van der Waals surface area (Å²) in [5.41, 5.74) is 1.45. The van der Waals surface area contributed by atoms with Gasteiger partial charge < -0.3 is 0 Å². The molecule has 0 amide bonds. The first kappa shape index (κ1) is 4.63. The van der Waals surface area contributed by atoms with E-state index >= 15 is 0 Å². The Bertz CT molecular complexity index is 98.6. The van der Waals surface area contributed by atoms with Gasteiger partial charge in [-0.3, -0.25) is 0 Å². The molecule has 0 heterocycles. The Morgan fingerprint density at radius 2 is 2.43 bits per heavy atom. The molecule has 0 bridgehead atoms. The van der Waals surface area contributed by atoms with E-state index in [0.717, 1.165) is 12.8 Å². The summed E-state index contributed by atoms with van der Waals surface area (Å²) in [6, 6.07) is 0. The van der Waals surface area contributed by atoms with Crippen molar-refractivity contribution < 1.29 is 0 Å². The first-order valence-electron chi connectivity index (χ1n) is 2.51. The number of allylic oxidation sites excluding steroid dienone is 3. The van der Waals surface area contributed by atoms with Gasteiger partial charge in [0.25, 0.3) is 0 Å². The van der Waals surface area contributed by atoms with E-state index in [2.05, 4.69) is 12.5 Å². The lowest BCUT2D eigenvalue weighted by Gasteiger charge is -1.81. The van der Waals surface area contributed by atoms with Crippen molar-refractivity contribution in [3.63, 3.8) is 0 Å². The SMILES string of the molecule is [CH]=CCCC1=C[CH]1. The monoisotopic (exact) mass is 92.1 g/mol. The van der Waals surface area contributed by atoms with E-state index in [9.17, 15) is 0 Å². The zero-order valence-electron chi connectivity index (χ0n) is 4.22. The van der Waals surface area contributed by atoms with Gasteiger partial charge in [0.15, 0.2) is 0 Å². The van der Waals surface area contributed by atoms with Crippen LogP contribution in [0, 0.1) is 13.0 Å². The molecule has 0 aromatic rings. The standard InChI is InChI=1S/C7H8/c1-2-3-4-7-5-6-7/h1-2,5-6H,3-4H2. The van der Waals surface area contributed by atoms with Crippen molar-refractivity contribution in [2.45, 2.75) is 12.8 Å². The summed E-state index contributed by atoms with van der Waals surface area (Å²) in [4.78, 5) is 0. The van der Waals surface area contributed by atoms with Crippen LogP contribution >= 0.6 is 0 Å². The van der Waals surface area contributed by atoms with Crippen molar-refractivity contribution in [2.75, 3.05) is 0 Å². The lowest BCUT2D eigenvalue weighted by molar-refractivity contribution is 1.03. The van der Waals surface area contributed by atoms with Gasteiger partial charge in [-0.05, 0) is 12.8 Å². The molecule has 0 aromatic carbocycles. The van der Waals surface area contributed by atoms with E-state index < -0.39 is 0 Å².